The number of nitrogens with one attached hydrogen (secondary N) is 2. The van der Waals surface area contributed by atoms with Crippen LogP contribution in [0.15, 0.2) is 23.3 Å². The summed E-state index contributed by atoms with van der Waals surface area (Å²) in [5, 5.41) is 12.6. The Kier molecular flexibility index (Phi) is 14.6. The maximum absolute atomic E-state index is 11.4. The van der Waals surface area contributed by atoms with Gasteiger partial charge in [0.15, 0.2) is 0 Å². The first kappa shape index (κ1) is 29.0. The van der Waals surface area contributed by atoms with Crippen molar-refractivity contribution in [1.29, 1.82) is 0 Å². The smallest absolute Gasteiger partial charge is 0.258 e. The second-order valence-corrected chi connectivity index (χ2v) is 8.95. The second-order valence-electron chi connectivity index (χ2n) is 8.95. The van der Waals surface area contributed by atoms with Crippen molar-refractivity contribution in [2.24, 2.45) is 0 Å². The highest BCUT2D eigenvalue weighted by Gasteiger charge is 2.15. The van der Waals surface area contributed by atoms with E-state index in [9.17, 15) is 4.79 Å². The molecule has 3 N–H and O–H groups in total. The molecule has 0 radical (unpaired) electrons. The van der Waals surface area contributed by atoms with E-state index in [-0.39, 0.29) is 11.7 Å². The minimum Gasteiger partial charge on any atom is -0.393 e. The van der Waals surface area contributed by atoms with Crippen molar-refractivity contribution in [1.82, 2.24) is 19.9 Å². The van der Waals surface area contributed by atoms with Crippen LogP contribution < -0.4 is 10.9 Å². The number of anilines is 1. The number of fused-ring (bicyclic) bond motifs is 1. The average Bonchev–Trinajstić information content (AvgIpc) is 3.37. The molecule has 7 heteroatoms. The molecule has 1 unspecified atom stereocenters. The van der Waals surface area contributed by atoms with Gasteiger partial charge in [0.1, 0.15) is 0 Å². The molecular weight excluding hydrogens is 414 g/mol. The number of hydrogen-bond donors (Lipinski definition) is 3. The van der Waals surface area contributed by atoms with Crippen molar-refractivity contribution in [2.45, 2.75) is 110 Å². The lowest BCUT2D eigenvalue weighted by Gasteiger charge is -2.17. The molecular formula is C26H47N5O2. The molecule has 0 bridgehead atoms. The fourth-order valence-corrected chi connectivity index (χ4v) is 3.86. The molecule has 0 spiro atoms. The zero-order valence-electron chi connectivity index (χ0n) is 21.7. The van der Waals surface area contributed by atoms with Gasteiger partial charge in [-0.15, -0.1) is 0 Å². The molecule has 33 heavy (non-hydrogen) atoms. The standard InChI is InChI=1S/C11H14N4O.C7H15N.C6H12O.C2H6/c1-3-7(2)14-11-13-6-8-9(15-11)4-5-12-10(8)16;1-8(2)7-5-3-4-6-7;7-6-4-2-1-3-5-6;1-2/h4-7H,3H2,1-2H3,(H,12,16)(H,13,14,15);7H,3-6H2,1-2H3;6-7H,1-5H2;1-2H3. The molecule has 0 amide bonds. The SMILES string of the molecule is CC.CCC(C)Nc1ncc2c(=O)[nH]ccc2n1.CN(C)C1CCCC1.OC1CCCCC1. The molecule has 0 aliphatic heterocycles. The zero-order valence-corrected chi connectivity index (χ0v) is 21.7. The summed E-state index contributed by atoms with van der Waals surface area (Å²) in [7, 11) is 4.35. The van der Waals surface area contributed by atoms with Gasteiger partial charge in [0, 0.05) is 24.5 Å². The number of pyridine rings is 1. The third kappa shape index (κ3) is 11.1. The minimum atomic E-state index is -0.160. The maximum Gasteiger partial charge on any atom is 0.258 e. The number of aromatic amines is 1. The first-order chi connectivity index (χ1) is 15.9. The van der Waals surface area contributed by atoms with Crippen molar-refractivity contribution in [2.75, 3.05) is 19.4 Å². The summed E-state index contributed by atoms with van der Waals surface area (Å²) in [6, 6.07) is 2.98. The van der Waals surface area contributed by atoms with Gasteiger partial charge in [-0.25, -0.2) is 9.97 Å². The maximum atomic E-state index is 11.4. The van der Waals surface area contributed by atoms with Crippen LogP contribution in [0.3, 0.4) is 0 Å². The molecule has 2 saturated carbocycles. The summed E-state index contributed by atoms with van der Waals surface area (Å²) in [6.45, 7) is 8.15. The van der Waals surface area contributed by atoms with Crippen LogP contribution in [0.4, 0.5) is 5.95 Å². The Morgan fingerprint density at radius 3 is 2.21 bits per heavy atom. The molecule has 0 saturated heterocycles. The van der Waals surface area contributed by atoms with Crippen molar-refractivity contribution >= 4 is 16.9 Å². The van der Waals surface area contributed by atoms with E-state index in [4.69, 9.17) is 5.11 Å². The van der Waals surface area contributed by atoms with Gasteiger partial charge in [-0.05, 0) is 59.2 Å². The molecule has 2 aliphatic carbocycles. The summed E-state index contributed by atoms with van der Waals surface area (Å²) < 4.78 is 0. The number of hydrogen-bond acceptors (Lipinski definition) is 6. The first-order valence-corrected chi connectivity index (χ1v) is 12.9. The monoisotopic (exact) mass is 461 g/mol. The summed E-state index contributed by atoms with van der Waals surface area (Å²) in [4.78, 5) is 24.7. The van der Waals surface area contributed by atoms with E-state index in [2.05, 4.69) is 53.1 Å². The summed E-state index contributed by atoms with van der Waals surface area (Å²) in [6.07, 6.45) is 15.8. The lowest BCUT2D eigenvalue weighted by molar-refractivity contribution is 0.130. The van der Waals surface area contributed by atoms with Crippen LogP contribution in [-0.4, -0.2) is 57.2 Å². The molecule has 0 aromatic carbocycles. The summed E-state index contributed by atoms with van der Waals surface area (Å²) in [5.41, 5.74) is 0.497. The Hall–Kier alpha value is -1.99. The van der Waals surface area contributed by atoms with Crippen LogP contribution in [0.5, 0.6) is 0 Å². The van der Waals surface area contributed by atoms with Gasteiger partial charge >= 0.3 is 0 Å². The first-order valence-electron chi connectivity index (χ1n) is 12.9. The Morgan fingerprint density at radius 1 is 1.12 bits per heavy atom. The van der Waals surface area contributed by atoms with Crippen LogP contribution in [0, 0.1) is 0 Å². The summed E-state index contributed by atoms with van der Waals surface area (Å²) >= 11 is 0. The van der Waals surface area contributed by atoms with Gasteiger partial charge < -0.3 is 20.3 Å². The minimum absolute atomic E-state index is 0.0359. The number of aromatic nitrogens is 3. The van der Waals surface area contributed by atoms with Crippen molar-refractivity contribution in [3.63, 3.8) is 0 Å². The topological polar surface area (TPSA) is 94.1 Å². The Bertz CT molecular complexity index is 812. The lowest BCUT2D eigenvalue weighted by Crippen LogP contribution is -2.23. The van der Waals surface area contributed by atoms with Gasteiger partial charge in [0.2, 0.25) is 5.95 Å². The van der Waals surface area contributed by atoms with Crippen LogP contribution >= 0.6 is 0 Å². The molecule has 2 aliphatic rings. The van der Waals surface area contributed by atoms with Crippen LogP contribution in [0.25, 0.3) is 10.9 Å². The highest BCUT2D eigenvalue weighted by atomic mass is 16.3. The van der Waals surface area contributed by atoms with E-state index in [0.717, 1.165) is 25.3 Å². The quantitative estimate of drug-likeness (QED) is 0.568. The molecule has 4 rings (SSSR count). The van der Waals surface area contributed by atoms with Gasteiger partial charge in [0.05, 0.1) is 17.0 Å². The number of rotatable bonds is 4. The predicted octanol–water partition coefficient (Wildman–Crippen LogP) is 5.36. The van der Waals surface area contributed by atoms with Crippen LogP contribution in [-0.2, 0) is 0 Å². The largest absolute Gasteiger partial charge is 0.393 e. The average molecular weight is 462 g/mol. The number of nitrogens with zero attached hydrogens (tertiary/aromatic N) is 3. The van der Waals surface area contributed by atoms with Gasteiger partial charge in [-0.3, -0.25) is 4.79 Å². The van der Waals surface area contributed by atoms with E-state index >= 15 is 0 Å². The molecule has 2 aromatic heterocycles. The molecule has 2 fully saturated rings. The second kappa shape index (κ2) is 16.6. The Labute approximate surface area is 200 Å². The molecule has 2 heterocycles. The highest BCUT2D eigenvalue weighted by Crippen LogP contribution is 2.20. The molecule has 7 nitrogen and oxygen atoms in total. The summed E-state index contributed by atoms with van der Waals surface area (Å²) in [5.74, 6) is 0.562. The van der Waals surface area contributed by atoms with Gasteiger partial charge in [-0.2, -0.15) is 0 Å². The fourth-order valence-electron chi connectivity index (χ4n) is 3.86. The predicted molar refractivity (Wildman–Crippen MR) is 140 cm³/mol. The van der Waals surface area contributed by atoms with Crippen molar-refractivity contribution < 1.29 is 5.11 Å². The molecule has 188 valence electrons. The number of H-pyrrole nitrogens is 1. The third-order valence-corrected chi connectivity index (χ3v) is 6.14. The van der Waals surface area contributed by atoms with Crippen molar-refractivity contribution in [3.05, 3.63) is 28.8 Å². The molecule has 1 atom stereocenters. The van der Waals surface area contributed by atoms with Gasteiger partial charge in [-0.1, -0.05) is 52.9 Å². The Balaban J connectivity index is 0.000000268. The van der Waals surface area contributed by atoms with Crippen LogP contribution in [0.1, 0.15) is 91.9 Å². The van der Waals surface area contributed by atoms with E-state index in [1.54, 1.807) is 18.5 Å². The zero-order chi connectivity index (χ0) is 24.6. The fraction of sp³-hybridized carbons (Fsp3) is 0.731. The van der Waals surface area contributed by atoms with Gasteiger partial charge in [0.25, 0.3) is 5.56 Å². The number of aliphatic hydroxyl groups excluding tert-OH is 1. The third-order valence-electron chi connectivity index (χ3n) is 6.14. The van der Waals surface area contributed by atoms with Crippen LogP contribution in [0.2, 0.25) is 0 Å². The highest BCUT2D eigenvalue weighted by molar-refractivity contribution is 5.77. The van der Waals surface area contributed by atoms with Crippen molar-refractivity contribution in [3.8, 4) is 0 Å². The normalized spacial score (nSPS) is 17.2. The molecule has 2 aromatic rings. The lowest BCUT2D eigenvalue weighted by atomic mass is 9.98. The van der Waals surface area contributed by atoms with E-state index in [1.807, 2.05) is 13.8 Å². The van der Waals surface area contributed by atoms with E-state index in [0.29, 0.717) is 22.9 Å². The Morgan fingerprint density at radius 2 is 1.73 bits per heavy atom. The number of aliphatic hydroxyl groups is 1. The van der Waals surface area contributed by atoms with E-state index < -0.39 is 0 Å². The van der Waals surface area contributed by atoms with E-state index in [1.165, 1.54) is 44.9 Å².